The molecule has 110 valence electrons. The average molecular weight is 300 g/mol. The van der Waals surface area contributed by atoms with Crippen molar-refractivity contribution < 1.29 is 19.5 Å². The number of carboxylic acid groups (broad SMARTS) is 1. The summed E-state index contributed by atoms with van der Waals surface area (Å²) < 4.78 is 0. The minimum absolute atomic E-state index is 0.00558. The molecule has 0 fully saturated rings. The number of amides is 3. The zero-order valence-corrected chi connectivity index (χ0v) is 12.0. The maximum atomic E-state index is 11.4. The number of rotatable bonds is 6. The van der Waals surface area contributed by atoms with Crippen LogP contribution in [0, 0.1) is 0 Å². The summed E-state index contributed by atoms with van der Waals surface area (Å²) in [6.07, 6.45) is 0.437. The van der Waals surface area contributed by atoms with Crippen molar-refractivity contribution in [2.75, 3.05) is 27.2 Å². The topological polar surface area (TPSA) is 112 Å². The van der Waals surface area contributed by atoms with Gasteiger partial charge in [0.2, 0.25) is 5.91 Å². The number of carbonyl (C=O) groups excluding carboxylic acids is 2. The molecular formula is C11H16N4O4S. The van der Waals surface area contributed by atoms with E-state index < -0.39 is 12.0 Å². The molecule has 3 N–H and O–H groups in total. The zero-order valence-electron chi connectivity index (χ0n) is 11.2. The standard InChI is InChI=1S/C11H16N4O4S/c1-15(2)9(16)5-13-11(19)12-4-3-8-14-7(6-20-8)10(17)18/h6H,3-5H2,1-2H3,(H,17,18)(H2,12,13,19). The summed E-state index contributed by atoms with van der Waals surface area (Å²) in [4.78, 5) is 38.5. The molecule has 1 heterocycles. The van der Waals surface area contributed by atoms with Crippen LogP contribution >= 0.6 is 11.3 Å². The Morgan fingerprint density at radius 1 is 1.35 bits per heavy atom. The number of nitrogens with one attached hydrogen (secondary N) is 2. The van der Waals surface area contributed by atoms with Crippen LogP contribution in [0.5, 0.6) is 0 Å². The van der Waals surface area contributed by atoms with Crippen LogP contribution in [0.4, 0.5) is 4.79 Å². The Morgan fingerprint density at radius 2 is 2.05 bits per heavy atom. The van der Waals surface area contributed by atoms with Gasteiger partial charge in [0.1, 0.15) is 0 Å². The molecule has 0 radical (unpaired) electrons. The molecule has 8 nitrogen and oxygen atoms in total. The molecule has 3 amide bonds. The summed E-state index contributed by atoms with van der Waals surface area (Å²) in [5.74, 6) is -1.27. The Morgan fingerprint density at radius 3 is 2.60 bits per heavy atom. The largest absolute Gasteiger partial charge is 0.476 e. The van der Waals surface area contributed by atoms with E-state index in [-0.39, 0.29) is 18.1 Å². The molecule has 0 aliphatic rings. The van der Waals surface area contributed by atoms with Gasteiger partial charge in [0.25, 0.3) is 0 Å². The van der Waals surface area contributed by atoms with Crippen LogP contribution in [-0.4, -0.2) is 60.1 Å². The quantitative estimate of drug-likeness (QED) is 0.672. The van der Waals surface area contributed by atoms with Gasteiger partial charge in [-0.1, -0.05) is 0 Å². The molecule has 0 bridgehead atoms. The number of hydrogen-bond acceptors (Lipinski definition) is 5. The minimum atomic E-state index is -1.07. The van der Waals surface area contributed by atoms with Crippen LogP contribution in [0.1, 0.15) is 15.5 Å². The highest BCUT2D eigenvalue weighted by molar-refractivity contribution is 7.09. The Labute approximate surface area is 119 Å². The fourth-order valence-electron chi connectivity index (χ4n) is 1.18. The second-order valence-electron chi connectivity index (χ2n) is 4.08. The van der Waals surface area contributed by atoms with Gasteiger partial charge in [-0.25, -0.2) is 14.6 Å². The van der Waals surface area contributed by atoms with Gasteiger partial charge < -0.3 is 20.6 Å². The van der Waals surface area contributed by atoms with Gasteiger partial charge in [-0.05, 0) is 0 Å². The van der Waals surface area contributed by atoms with Gasteiger partial charge in [-0.15, -0.1) is 11.3 Å². The predicted molar refractivity (Wildman–Crippen MR) is 72.9 cm³/mol. The summed E-state index contributed by atoms with van der Waals surface area (Å²) in [5.41, 5.74) is 0.00558. The van der Waals surface area contributed by atoms with Crippen molar-refractivity contribution >= 4 is 29.2 Å². The molecule has 20 heavy (non-hydrogen) atoms. The summed E-state index contributed by atoms with van der Waals surface area (Å²) in [5, 5.41) is 15.8. The lowest BCUT2D eigenvalue weighted by molar-refractivity contribution is -0.127. The molecule has 0 aliphatic heterocycles. The first kappa shape index (κ1) is 15.9. The predicted octanol–water partition coefficient (Wildman–Crippen LogP) is -0.229. The van der Waals surface area contributed by atoms with E-state index in [9.17, 15) is 14.4 Å². The van der Waals surface area contributed by atoms with Gasteiger partial charge >= 0.3 is 12.0 Å². The van der Waals surface area contributed by atoms with Gasteiger partial charge in [0.05, 0.1) is 11.6 Å². The highest BCUT2D eigenvalue weighted by Gasteiger charge is 2.09. The summed E-state index contributed by atoms with van der Waals surface area (Å²) in [6, 6.07) is -0.449. The lowest BCUT2D eigenvalue weighted by Gasteiger charge is -2.11. The highest BCUT2D eigenvalue weighted by atomic mass is 32.1. The smallest absolute Gasteiger partial charge is 0.355 e. The highest BCUT2D eigenvalue weighted by Crippen LogP contribution is 2.09. The van der Waals surface area contributed by atoms with E-state index in [0.717, 1.165) is 0 Å². The van der Waals surface area contributed by atoms with Crippen molar-refractivity contribution in [3.05, 3.63) is 16.1 Å². The van der Waals surface area contributed by atoms with E-state index >= 15 is 0 Å². The third kappa shape index (κ3) is 5.22. The first-order chi connectivity index (χ1) is 9.40. The second-order valence-corrected chi connectivity index (χ2v) is 5.02. The van der Waals surface area contributed by atoms with E-state index in [4.69, 9.17) is 5.11 Å². The lowest BCUT2D eigenvalue weighted by atomic mass is 10.4. The maximum Gasteiger partial charge on any atom is 0.355 e. The van der Waals surface area contributed by atoms with E-state index in [1.165, 1.54) is 21.6 Å². The maximum absolute atomic E-state index is 11.4. The molecule has 0 saturated heterocycles. The fraction of sp³-hybridized carbons (Fsp3) is 0.455. The average Bonchev–Trinajstić information content (AvgIpc) is 2.84. The first-order valence-corrected chi connectivity index (χ1v) is 6.67. The van der Waals surface area contributed by atoms with Gasteiger partial charge in [0, 0.05) is 32.4 Å². The fourth-order valence-corrected chi connectivity index (χ4v) is 1.96. The van der Waals surface area contributed by atoms with E-state index in [0.29, 0.717) is 18.0 Å². The Hall–Kier alpha value is -2.16. The van der Waals surface area contributed by atoms with Gasteiger partial charge in [-0.3, -0.25) is 4.79 Å². The molecule has 1 aromatic heterocycles. The van der Waals surface area contributed by atoms with E-state index in [2.05, 4.69) is 15.6 Å². The number of carboxylic acids is 1. The molecule has 0 aromatic carbocycles. The monoisotopic (exact) mass is 300 g/mol. The Balaban J connectivity index is 2.24. The first-order valence-electron chi connectivity index (χ1n) is 5.79. The molecule has 0 saturated carbocycles. The Kier molecular flexibility index (Phi) is 5.91. The minimum Gasteiger partial charge on any atom is -0.476 e. The Bertz CT molecular complexity index is 500. The number of aromatic nitrogens is 1. The van der Waals surface area contributed by atoms with Crippen LogP contribution in [0.25, 0.3) is 0 Å². The van der Waals surface area contributed by atoms with E-state index in [1.807, 2.05) is 0 Å². The molecule has 0 atom stereocenters. The number of thiazole rings is 1. The van der Waals surface area contributed by atoms with Gasteiger partial charge in [0.15, 0.2) is 5.69 Å². The van der Waals surface area contributed by atoms with Crippen LogP contribution in [0.2, 0.25) is 0 Å². The number of urea groups is 1. The van der Waals surface area contributed by atoms with Crippen LogP contribution < -0.4 is 10.6 Å². The molecule has 1 rings (SSSR count). The number of likely N-dealkylation sites (N-methyl/N-ethyl adjacent to an activating group) is 1. The molecule has 9 heteroatoms. The number of hydrogen-bond donors (Lipinski definition) is 3. The van der Waals surface area contributed by atoms with Crippen molar-refractivity contribution in [1.82, 2.24) is 20.5 Å². The van der Waals surface area contributed by atoms with E-state index in [1.54, 1.807) is 14.1 Å². The summed E-state index contributed by atoms with van der Waals surface area (Å²) in [6.45, 7) is 0.244. The lowest BCUT2D eigenvalue weighted by Crippen LogP contribution is -2.42. The molecule has 1 aromatic rings. The van der Waals surface area contributed by atoms with Crippen molar-refractivity contribution in [3.63, 3.8) is 0 Å². The van der Waals surface area contributed by atoms with Crippen LogP contribution in [0.15, 0.2) is 5.38 Å². The summed E-state index contributed by atoms with van der Waals surface area (Å²) in [7, 11) is 3.20. The third-order valence-electron chi connectivity index (χ3n) is 2.29. The molecule has 0 spiro atoms. The SMILES string of the molecule is CN(C)C(=O)CNC(=O)NCCc1nc(C(=O)O)cs1. The second kappa shape index (κ2) is 7.43. The van der Waals surface area contributed by atoms with Crippen LogP contribution in [-0.2, 0) is 11.2 Å². The number of carbonyl (C=O) groups is 3. The van der Waals surface area contributed by atoms with Crippen molar-refractivity contribution in [2.45, 2.75) is 6.42 Å². The van der Waals surface area contributed by atoms with Crippen LogP contribution in [0.3, 0.4) is 0 Å². The molecular weight excluding hydrogens is 284 g/mol. The summed E-state index contributed by atoms with van der Waals surface area (Å²) >= 11 is 1.23. The molecule has 0 aliphatic carbocycles. The number of aromatic carboxylic acids is 1. The normalized spacial score (nSPS) is 9.90. The molecule has 0 unspecified atom stereocenters. The van der Waals surface area contributed by atoms with Crippen molar-refractivity contribution in [3.8, 4) is 0 Å². The van der Waals surface area contributed by atoms with Crippen molar-refractivity contribution in [1.29, 1.82) is 0 Å². The third-order valence-corrected chi connectivity index (χ3v) is 3.20. The number of nitrogens with zero attached hydrogens (tertiary/aromatic N) is 2. The van der Waals surface area contributed by atoms with Crippen molar-refractivity contribution in [2.24, 2.45) is 0 Å². The van der Waals surface area contributed by atoms with Gasteiger partial charge in [-0.2, -0.15) is 0 Å². The zero-order chi connectivity index (χ0) is 15.1.